The van der Waals surface area contributed by atoms with Gasteiger partial charge in [0.25, 0.3) is 0 Å². The predicted octanol–water partition coefficient (Wildman–Crippen LogP) is 0.816. The van der Waals surface area contributed by atoms with E-state index in [0.717, 1.165) is 39.1 Å². The van der Waals surface area contributed by atoms with E-state index in [-0.39, 0.29) is 5.91 Å². The van der Waals surface area contributed by atoms with Crippen molar-refractivity contribution in [1.82, 2.24) is 14.9 Å². The number of aryl methyl sites for hydroxylation is 1. The highest BCUT2D eigenvalue weighted by molar-refractivity contribution is 5.76. The topological polar surface area (TPSA) is 56.1 Å². The summed E-state index contributed by atoms with van der Waals surface area (Å²) in [6, 6.07) is 0. The highest BCUT2D eigenvalue weighted by atomic mass is 16.5. The minimum absolute atomic E-state index is 0.145. The van der Waals surface area contributed by atoms with E-state index in [1.54, 1.807) is 12.5 Å². The van der Waals surface area contributed by atoms with Gasteiger partial charge in [0.2, 0.25) is 5.91 Å². The minimum atomic E-state index is 0.145. The largest absolute Gasteiger partial charge is 0.381 e. The molecule has 0 spiro atoms. The number of hydrogen-bond acceptors (Lipinski definition) is 3. The molecule has 2 heterocycles. The highest BCUT2D eigenvalue weighted by Gasteiger charge is 2.18. The molecule has 1 atom stereocenters. The van der Waals surface area contributed by atoms with Gasteiger partial charge in [-0.05, 0) is 18.8 Å². The van der Waals surface area contributed by atoms with Gasteiger partial charge in [-0.2, -0.15) is 0 Å². The van der Waals surface area contributed by atoms with Crippen molar-refractivity contribution < 1.29 is 9.53 Å². The quantitative estimate of drug-likeness (QED) is 0.745. The number of nitrogens with one attached hydrogen (secondary N) is 1. The molecule has 1 fully saturated rings. The lowest BCUT2D eigenvalue weighted by molar-refractivity contribution is -0.122. The maximum absolute atomic E-state index is 11.6. The normalized spacial score (nSPS) is 19.4. The van der Waals surface area contributed by atoms with Crippen LogP contribution in [0.25, 0.3) is 0 Å². The van der Waals surface area contributed by atoms with Crippen LogP contribution in [0.2, 0.25) is 0 Å². The van der Waals surface area contributed by atoms with Crippen LogP contribution in [-0.2, 0) is 16.1 Å². The number of hydrogen-bond donors (Lipinski definition) is 1. The monoisotopic (exact) mass is 237 g/mol. The van der Waals surface area contributed by atoms with Gasteiger partial charge in [-0.15, -0.1) is 0 Å². The van der Waals surface area contributed by atoms with E-state index in [9.17, 15) is 4.79 Å². The summed E-state index contributed by atoms with van der Waals surface area (Å²) < 4.78 is 7.25. The third-order valence-corrected chi connectivity index (χ3v) is 2.97. The Morgan fingerprint density at radius 1 is 1.59 bits per heavy atom. The molecule has 1 aliphatic heterocycles. The fourth-order valence-electron chi connectivity index (χ4n) is 1.99. The molecule has 1 N–H and O–H groups in total. The Morgan fingerprint density at radius 2 is 2.53 bits per heavy atom. The maximum atomic E-state index is 11.6. The molecule has 0 bridgehead atoms. The molecule has 1 aromatic heterocycles. The summed E-state index contributed by atoms with van der Waals surface area (Å²) in [6.45, 7) is 3.17. The van der Waals surface area contributed by atoms with Crippen LogP contribution in [-0.4, -0.2) is 35.2 Å². The number of carbonyl (C=O) groups excluding carboxylic acids is 1. The zero-order valence-corrected chi connectivity index (χ0v) is 9.97. The number of ether oxygens (including phenoxy) is 1. The van der Waals surface area contributed by atoms with Crippen LogP contribution in [0.4, 0.5) is 0 Å². The van der Waals surface area contributed by atoms with Gasteiger partial charge in [0, 0.05) is 45.1 Å². The standard InChI is InChI=1S/C12H19N3O2/c16-12(8-11-2-7-17-9-11)14-3-1-5-15-6-4-13-10-15/h4,6,10-11H,1-3,5,7-9H2,(H,14,16)/t11-/m0/s1. The summed E-state index contributed by atoms with van der Waals surface area (Å²) in [6.07, 6.45) is 8.03. The Kier molecular flexibility index (Phi) is 4.55. The molecule has 0 saturated carbocycles. The Balaban J connectivity index is 1.53. The second-order valence-electron chi connectivity index (χ2n) is 4.44. The Labute approximate surface area is 101 Å². The fourth-order valence-corrected chi connectivity index (χ4v) is 1.99. The van der Waals surface area contributed by atoms with E-state index >= 15 is 0 Å². The molecular weight excluding hydrogens is 218 g/mol. The van der Waals surface area contributed by atoms with Crippen molar-refractivity contribution in [2.24, 2.45) is 5.92 Å². The smallest absolute Gasteiger partial charge is 0.220 e. The molecule has 1 amide bonds. The number of aromatic nitrogens is 2. The second kappa shape index (κ2) is 6.39. The molecule has 2 rings (SSSR count). The Morgan fingerprint density at radius 3 is 3.24 bits per heavy atom. The summed E-state index contributed by atoms with van der Waals surface area (Å²) in [5.41, 5.74) is 0. The van der Waals surface area contributed by atoms with E-state index < -0.39 is 0 Å². The van der Waals surface area contributed by atoms with Crippen LogP contribution >= 0.6 is 0 Å². The minimum Gasteiger partial charge on any atom is -0.381 e. The summed E-state index contributed by atoms with van der Waals surface area (Å²) in [5.74, 6) is 0.565. The molecule has 0 aliphatic carbocycles. The van der Waals surface area contributed by atoms with Gasteiger partial charge in [0.1, 0.15) is 0 Å². The van der Waals surface area contributed by atoms with Gasteiger partial charge in [-0.25, -0.2) is 4.98 Å². The first-order chi connectivity index (χ1) is 8.34. The van der Waals surface area contributed by atoms with Crippen molar-refractivity contribution in [3.8, 4) is 0 Å². The molecule has 0 unspecified atom stereocenters. The number of amides is 1. The molecule has 0 aromatic carbocycles. The first-order valence-electron chi connectivity index (χ1n) is 6.15. The first kappa shape index (κ1) is 12.1. The summed E-state index contributed by atoms with van der Waals surface area (Å²) in [7, 11) is 0. The lowest BCUT2D eigenvalue weighted by atomic mass is 10.1. The predicted molar refractivity (Wildman–Crippen MR) is 63.4 cm³/mol. The van der Waals surface area contributed by atoms with Gasteiger partial charge in [0.15, 0.2) is 0 Å². The number of imidazole rings is 1. The van der Waals surface area contributed by atoms with Crippen LogP contribution in [0, 0.1) is 5.92 Å². The fraction of sp³-hybridized carbons (Fsp3) is 0.667. The van der Waals surface area contributed by atoms with Crippen molar-refractivity contribution in [3.63, 3.8) is 0 Å². The second-order valence-corrected chi connectivity index (χ2v) is 4.44. The molecule has 0 radical (unpaired) electrons. The van der Waals surface area contributed by atoms with Gasteiger partial charge >= 0.3 is 0 Å². The SMILES string of the molecule is O=C(C[C@@H]1CCOC1)NCCCn1ccnc1. The van der Waals surface area contributed by atoms with Crippen molar-refractivity contribution in [2.75, 3.05) is 19.8 Å². The van der Waals surface area contributed by atoms with Gasteiger partial charge in [-0.1, -0.05) is 0 Å². The maximum Gasteiger partial charge on any atom is 0.220 e. The van der Waals surface area contributed by atoms with Gasteiger partial charge in [0.05, 0.1) is 6.33 Å². The summed E-state index contributed by atoms with van der Waals surface area (Å²) >= 11 is 0. The average molecular weight is 237 g/mol. The zero-order valence-electron chi connectivity index (χ0n) is 9.97. The van der Waals surface area contributed by atoms with Crippen molar-refractivity contribution in [3.05, 3.63) is 18.7 Å². The van der Waals surface area contributed by atoms with Crippen LogP contribution < -0.4 is 5.32 Å². The van der Waals surface area contributed by atoms with Crippen LogP contribution in [0.15, 0.2) is 18.7 Å². The Hall–Kier alpha value is -1.36. The summed E-state index contributed by atoms with van der Waals surface area (Å²) in [4.78, 5) is 15.5. The molecule has 1 saturated heterocycles. The van der Waals surface area contributed by atoms with Gasteiger partial charge in [-0.3, -0.25) is 4.79 Å². The van der Waals surface area contributed by atoms with E-state index in [4.69, 9.17) is 4.74 Å². The first-order valence-corrected chi connectivity index (χ1v) is 6.15. The van der Waals surface area contributed by atoms with Crippen molar-refractivity contribution in [1.29, 1.82) is 0 Å². The number of carbonyl (C=O) groups is 1. The number of nitrogens with zero attached hydrogens (tertiary/aromatic N) is 2. The van der Waals surface area contributed by atoms with Crippen LogP contribution in [0.1, 0.15) is 19.3 Å². The van der Waals surface area contributed by atoms with E-state index in [1.807, 2.05) is 10.8 Å². The molecule has 17 heavy (non-hydrogen) atoms. The van der Waals surface area contributed by atoms with Crippen molar-refractivity contribution in [2.45, 2.75) is 25.8 Å². The van der Waals surface area contributed by atoms with Crippen LogP contribution in [0.3, 0.4) is 0 Å². The summed E-state index contributed by atoms with van der Waals surface area (Å²) in [5, 5.41) is 2.94. The lowest BCUT2D eigenvalue weighted by Gasteiger charge is -2.08. The highest BCUT2D eigenvalue weighted by Crippen LogP contribution is 2.15. The average Bonchev–Trinajstić information content (AvgIpc) is 2.96. The van der Waals surface area contributed by atoms with Crippen molar-refractivity contribution >= 4 is 5.91 Å². The van der Waals surface area contributed by atoms with E-state index in [1.165, 1.54) is 0 Å². The molecular formula is C12H19N3O2. The molecule has 5 heteroatoms. The molecule has 1 aromatic rings. The zero-order chi connectivity index (χ0) is 11.9. The third kappa shape index (κ3) is 4.19. The van der Waals surface area contributed by atoms with Gasteiger partial charge < -0.3 is 14.6 Å². The van der Waals surface area contributed by atoms with Crippen LogP contribution in [0.5, 0.6) is 0 Å². The molecule has 94 valence electrons. The number of rotatable bonds is 6. The van der Waals surface area contributed by atoms with E-state index in [0.29, 0.717) is 12.3 Å². The third-order valence-electron chi connectivity index (χ3n) is 2.97. The lowest BCUT2D eigenvalue weighted by Crippen LogP contribution is -2.27. The Bertz CT molecular complexity index is 332. The molecule has 5 nitrogen and oxygen atoms in total. The molecule has 1 aliphatic rings. The van der Waals surface area contributed by atoms with E-state index in [2.05, 4.69) is 10.3 Å².